The first-order valence-electron chi connectivity index (χ1n) is 10.5. The van der Waals surface area contributed by atoms with Crippen LogP contribution < -0.4 is 27.0 Å². The molecular formula is C22H30N4O4. The molecule has 2 aromatic rings. The van der Waals surface area contributed by atoms with Crippen molar-refractivity contribution in [3.05, 3.63) is 50.2 Å². The van der Waals surface area contributed by atoms with Crippen molar-refractivity contribution < 1.29 is 9.53 Å². The van der Waals surface area contributed by atoms with E-state index in [1.165, 1.54) is 4.57 Å². The summed E-state index contributed by atoms with van der Waals surface area (Å²) in [5, 5.41) is 2.68. The maximum absolute atomic E-state index is 12.9. The lowest BCUT2D eigenvalue weighted by atomic mass is 10.00. The van der Waals surface area contributed by atoms with E-state index < -0.39 is 11.2 Å². The topological polar surface area (TPSA) is 108 Å². The number of hydrogen-bond donors (Lipinski definition) is 2. The molecule has 30 heavy (non-hydrogen) atoms. The highest BCUT2D eigenvalue weighted by Gasteiger charge is 2.27. The lowest BCUT2D eigenvalue weighted by molar-refractivity contribution is -0.115. The number of anilines is 2. The molecule has 8 heteroatoms. The molecule has 0 unspecified atom stereocenters. The van der Waals surface area contributed by atoms with Gasteiger partial charge in [-0.25, -0.2) is 4.79 Å². The average molecular weight is 415 g/mol. The Morgan fingerprint density at radius 1 is 1.17 bits per heavy atom. The quantitative estimate of drug-likeness (QED) is 0.655. The van der Waals surface area contributed by atoms with E-state index in [9.17, 15) is 14.4 Å². The Labute approximate surface area is 175 Å². The van der Waals surface area contributed by atoms with E-state index in [2.05, 4.69) is 5.32 Å². The SMILES string of the molecule is CCCn1c(N)c(NC(=O)Cc2ccc(OC)cc2C2CC2)c(=O)n(CCC)c1=O. The average Bonchev–Trinajstić information content (AvgIpc) is 3.57. The highest BCUT2D eigenvalue weighted by molar-refractivity contribution is 5.94. The van der Waals surface area contributed by atoms with Gasteiger partial charge in [-0.15, -0.1) is 0 Å². The lowest BCUT2D eigenvalue weighted by Crippen LogP contribution is -2.43. The zero-order valence-electron chi connectivity index (χ0n) is 17.9. The van der Waals surface area contributed by atoms with Crippen molar-refractivity contribution in [2.75, 3.05) is 18.2 Å². The summed E-state index contributed by atoms with van der Waals surface area (Å²) in [7, 11) is 1.62. The van der Waals surface area contributed by atoms with Crippen LogP contribution in [0.2, 0.25) is 0 Å². The van der Waals surface area contributed by atoms with Crippen molar-refractivity contribution in [1.29, 1.82) is 0 Å². The molecule has 3 N–H and O–H groups in total. The van der Waals surface area contributed by atoms with E-state index >= 15 is 0 Å². The molecular weight excluding hydrogens is 384 g/mol. The van der Waals surface area contributed by atoms with Crippen molar-refractivity contribution in [3.63, 3.8) is 0 Å². The monoisotopic (exact) mass is 414 g/mol. The number of methoxy groups -OCH3 is 1. The van der Waals surface area contributed by atoms with Crippen LogP contribution in [0, 0.1) is 0 Å². The molecule has 1 heterocycles. The van der Waals surface area contributed by atoms with E-state index in [4.69, 9.17) is 10.5 Å². The first-order valence-corrected chi connectivity index (χ1v) is 10.5. The van der Waals surface area contributed by atoms with Crippen LogP contribution in [0.3, 0.4) is 0 Å². The normalized spacial score (nSPS) is 13.3. The van der Waals surface area contributed by atoms with Gasteiger partial charge in [0.05, 0.1) is 13.5 Å². The minimum absolute atomic E-state index is 0.00435. The fourth-order valence-electron chi connectivity index (χ4n) is 3.69. The van der Waals surface area contributed by atoms with Crippen LogP contribution in [0.25, 0.3) is 0 Å². The summed E-state index contributed by atoms with van der Waals surface area (Å²) in [6.07, 6.45) is 3.61. The van der Waals surface area contributed by atoms with Crippen molar-refractivity contribution >= 4 is 17.4 Å². The molecule has 1 saturated carbocycles. The number of nitrogen functional groups attached to an aromatic ring is 1. The number of nitrogens with two attached hydrogens (primary N) is 1. The standard InChI is InChI=1S/C22H30N4O4/c1-4-10-25-20(23)19(21(28)26(11-5-2)22(25)29)24-18(27)12-15-8-9-16(30-3)13-17(15)14-6-7-14/h8-9,13-14H,4-7,10-12,23H2,1-3H3,(H,24,27). The summed E-state index contributed by atoms with van der Waals surface area (Å²) in [4.78, 5) is 38.3. The highest BCUT2D eigenvalue weighted by Crippen LogP contribution is 2.43. The third-order valence-corrected chi connectivity index (χ3v) is 5.35. The summed E-state index contributed by atoms with van der Waals surface area (Å²) in [6.45, 7) is 4.45. The largest absolute Gasteiger partial charge is 0.497 e. The maximum Gasteiger partial charge on any atom is 0.332 e. The number of hydrogen-bond acceptors (Lipinski definition) is 5. The molecule has 162 valence electrons. The predicted molar refractivity (Wildman–Crippen MR) is 117 cm³/mol. The number of carbonyl (C=O) groups excluding carboxylic acids is 1. The van der Waals surface area contributed by atoms with Crippen molar-refractivity contribution in [2.24, 2.45) is 0 Å². The molecule has 3 rings (SSSR count). The first-order chi connectivity index (χ1) is 14.4. The molecule has 1 aromatic heterocycles. The molecule has 0 aliphatic heterocycles. The van der Waals surface area contributed by atoms with Crippen LogP contribution in [-0.2, 0) is 24.3 Å². The predicted octanol–water partition coefficient (Wildman–Crippen LogP) is 2.48. The number of amides is 1. The molecule has 1 amide bonds. The van der Waals surface area contributed by atoms with Crippen LogP contribution in [0.4, 0.5) is 11.5 Å². The van der Waals surface area contributed by atoms with Crippen LogP contribution in [0.1, 0.15) is 56.6 Å². The van der Waals surface area contributed by atoms with Crippen molar-refractivity contribution in [2.45, 2.75) is 65.0 Å². The number of nitrogens with one attached hydrogen (secondary N) is 1. The Balaban J connectivity index is 1.92. The summed E-state index contributed by atoms with van der Waals surface area (Å²) >= 11 is 0. The lowest BCUT2D eigenvalue weighted by Gasteiger charge is -2.17. The van der Waals surface area contributed by atoms with E-state index in [0.717, 1.165) is 34.3 Å². The van der Waals surface area contributed by atoms with Gasteiger partial charge in [-0.05, 0) is 54.9 Å². The summed E-state index contributed by atoms with van der Waals surface area (Å²) in [6, 6.07) is 5.70. The molecule has 0 atom stereocenters. The minimum atomic E-state index is -0.558. The van der Waals surface area contributed by atoms with E-state index in [-0.39, 0.29) is 30.4 Å². The van der Waals surface area contributed by atoms with E-state index in [1.807, 2.05) is 32.0 Å². The Hall–Kier alpha value is -3.03. The van der Waals surface area contributed by atoms with Gasteiger partial charge in [0.1, 0.15) is 17.3 Å². The summed E-state index contributed by atoms with van der Waals surface area (Å²) in [5.41, 5.74) is 7.12. The Morgan fingerprint density at radius 2 is 1.83 bits per heavy atom. The highest BCUT2D eigenvalue weighted by atomic mass is 16.5. The van der Waals surface area contributed by atoms with Crippen LogP contribution in [0.15, 0.2) is 27.8 Å². The number of ether oxygens (including phenoxy) is 1. The molecule has 1 aromatic carbocycles. The second-order valence-electron chi connectivity index (χ2n) is 7.72. The second kappa shape index (κ2) is 9.19. The molecule has 1 aliphatic rings. The third-order valence-electron chi connectivity index (χ3n) is 5.35. The molecule has 1 aliphatic carbocycles. The van der Waals surface area contributed by atoms with Gasteiger partial charge in [0.15, 0.2) is 0 Å². The van der Waals surface area contributed by atoms with Crippen LogP contribution in [-0.4, -0.2) is 22.2 Å². The molecule has 0 bridgehead atoms. The van der Waals surface area contributed by atoms with Gasteiger partial charge < -0.3 is 15.8 Å². The Kier molecular flexibility index (Phi) is 6.64. The maximum atomic E-state index is 12.9. The zero-order chi connectivity index (χ0) is 21.8. The molecule has 8 nitrogen and oxygen atoms in total. The van der Waals surface area contributed by atoms with Crippen molar-refractivity contribution in [3.8, 4) is 5.75 Å². The van der Waals surface area contributed by atoms with Gasteiger partial charge >= 0.3 is 5.69 Å². The first kappa shape index (κ1) is 21.7. The van der Waals surface area contributed by atoms with Crippen LogP contribution in [0.5, 0.6) is 5.75 Å². The summed E-state index contributed by atoms with van der Waals surface area (Å²) < 4.78 is 7.81. The van der Waals surface area contributed by atoms with Gasteiger partial charge in [0, 0.05) is 13.1 Å². The summed E-state index contributed by atoms with van der Waals surface area (Å²) in [5.74, 6) is 0.876. The molecule has 0 spiro atoms. The third kappa shape index (κ3) is 4.42. The fraction of sp³-hybridized carbons (Fsp3) is 0.500. The fourth-order valence-corrected chi connectivity index (χ4v) is 3.69. The van der Waals surface area contributed by atoms with Gasteiger partial charge in [-0.3, -0.25) is 18.7 Å². The number of rotatable bonds is 9. The Bertz CT molecular complexity index is 1050. The zero-order valence-corrected chi connectivity index (χ0v) is 17.9. The van der Waals surface area contributed by atoms with E-state index in [0.29, 0.717) is 25.3 Å². The molecule has 0 radical (unpaired) electrons. The van der Waals surface area contributed by atoms with Gasteiger partial charge in [-0.2, -0.15) is 0 Å². The number of nitrogens with zero attached hydrogens (tertiary/aromatic N) is 2. The van der Waals surface area contributed by atoms with E-state index in [1.54, 1.807) is 7.11 Å². The van der Waals surface area contributed by atoms with Gasteiger partial charge in [0.2, 0.25) is 5.91 Å². The second-order valence-corrected chi connectivity index (χ2v) is 7.72. The number of carbonyl (C=O) groups is 1. The number of aromatic nitrogens is 2. The smallest absolute Gasteiger partial charge is 0.332 e. The molecule has 1 fully saturated rings. The molecule has 0 saturated heterocycles. The number of benzene rings is 1. The van der Waals surface area contributed by atoms with Crippen LogP contribution >= 0.6 is 0 Å². The Morgan fingerprint density at radius 3 is 2.43 bits per heavy atom. The van der Waals surface area contributed by atoms with Crippen molar-refractivity contribution in [1.82, 2.24) is 9.13 Å². The minimum Gasteiger partial charge on any atom is -0.497 e. The van der Waals surface area contributed by atoms with Gasteiger partial charge in [-0.1, -0.05) is 19.9 Å². The van der Waals surface area contributed by atoms with Gasteiger partial charge in [0.25, 0.3) is 5.56 Å².